The highest BCUT2D eigenvalue weighted by Crippen LogP contribution is 2.11. The third-order valence-electron chi connectivity index (χ3n) is 3.85. The quantitative estimate of drug-likeness (QED) is 0.514. The van der Waals surface area contributed by atoms with E-state index in [1.165, 1.54) is 5.56 Å². The molecule has 0 aliphatic carbocycles. The smallest absolute Gasteiger partial charge is 0.344 e. The van der Waals surface area contributed by atoms with Crippen molar-refractivity contribution in [3.8, 4) is 5.75 Å². The van der Waals surface area contributed by atoms with E-state index in [1.807, 2.05) is 37.3 Å². The van der Waals surface area contributed by atoms with Gasteiger partial charge in [0.05, 0.1) is 0 Å². The molecule has 0 fully saturated rings. The Hall–Kier alpha value is -3.15. The number of amides is 1. The first kappa shape index (κ1) is 20.2. The summed E-state index contributed by atoms with van der Waals surface area (Å²) in [5, 5.41) is 2.80. The first-order valence-corrected chi connectivity index (χ1v) is 8.74. The normalized spacial score (nSPS) is 11.3. The third-order valence-corrected chi connectivity index (χ3v) is 3.85. The van der Waals surface area contributed by atoms with Crippen molar-refractivity contribution in [2.45, 2.75) is 25.8 Å². The lowest BCUT2D eigenvalue weighted by Gasteiger charge is -2.14. The number of hydrogen-bond acceptors (Lipinski definition) is 5. The molecular formula is C21H23NO5. The Balaban J connectivity index is 1.62. The molecule has 1 atom stereocenters. The summed E-state index contributed by atoms with van der Waals surface area (Å²) in [7, 11) is 0. The fourth-order valence-corrected chi connectivity index (χ4v) is 2.39. The van der Waals surface area contributed by atoms with Crippen molar-refractivity contribution < 1.29 is 23.9 Å². The lowest BCUT2D eigenvalue weighted by molar-refractivity contribution is -0.150. The van der Waals surface area contributed by atoms with Crippen LogP contribution in [-0.4, -0.2) is 37.4 Å². The molecule has 0 heterocycles. The van der Waals surface area contributed by atoms with Gasteiger partial charge >= 0.3 is 5.97 Å². The molecule has 6 nitrogen and oxygen atoms in total. The Morgan fingerprint density at radius 2 is 1.74 bits per heavy atom. The zero-order valence-electron chi connectivity index (χ0n) is 15.2. The Bertz CT molecular complexity index is 743. The molecule has 0 saturated heterocycles. The first-order valence-electron chi connectivity index (χ1n) is 8.74. The largest absolute Gasteiger partial charge is 0.482 e. The van der Waals surface area contributed by atoms with E-state index in [2.05, 4.69) is 5.32 Å². The van der Waals surface area contributed by atoms with Crippen molar-refractivity contribution in [2.75, 3.05) is 13.2 Å². The fraction of sp³-hybridized carbons (Fsp3) is 0.286. The second kappa shape index (κ2) is 10.8. The van der Waals surface area contributed by atoms with Crippen molar-refractivity contribution in [2.24, 2.45) is 0 Å². The van der Waals surface area contributed by atoms with Gasteiger partial charge in [0.25, 0.3) is 5.91 Å². The van der Waals surface area contributed by atoms with Crippen LogP contribution in [0, 0.1) is 0 Å². The summed E-state index contributed by atoms with van der Waals surface area (Å²) in [6.07, 6.45) is 2.37. The van der Waals surface area contributed by atoms with Crippen molar-refractivity contribution >= 4 is 18.2 Å². The molecule has 2 aromatic carbocycles. The lowest BCUT2D eigenvalue weighted by atomic mass is 10.1. The average molecular weight is 369 g/mol. The summed E-state index contributed by atoms with van der Waals surface area (Å²) in [6, 6.07) is 16.3. The lowest BCUT2D eigenvalue weighted by Crippen LogP contribution is -2.36. The van der Waals surface area contributed by atoms with Gasteiger partial charge in [-0.1, -0.05) is 30.3 Å². The van der Waals surface area contributed by atoms with Gasteiger partial charge in [-0.3, -0.25) is 9.59 Å². The van der Waals surface area contributed by atoms with Gasteiger partial charge < -0.3 is 14.8 Å². The maximum atomic E-state index is 11.9. The van der Waals surface area contributed by atoms with Crippen molar-refractivity contribution in [3.63, 3.8) is 0 Å². The van der Waals surface area contributed by atoms with Gasteiger partial charge in [0.1, 0.15) is 12.0 Å². The standard InChI is InChI=1S/C21H23NO5/c1-16(7-8-17-5-3-2-4-6-17)22-20(24)14-27-21(25)15-26-19-11-9-18(13-23)10-12-19/h2-6,9-13,16H,7-8,14-15H2,1H3,(H,22,24)/t16-/m1/s1. The summed E-state index contributed by atoms with van der Waals surface area (Å²) in [5.41, 5.74) is 1.73. The first-order chi connectivity index (χ1) is 13.1. The number of aryl methyl sites for hydroxylation is 1. The number of rotatable bonds is 10. The third kappa shape index (κ3) is 7.73. The number of nitrogens with one attached hydrogen (secondary N) is 1. The van der Waals surface area contributed by atoms with E-state index < -0.39 is 5.97 Å². The number of aldehydes is 1. The molecule has 27 heavy (non-hydrogen) atoms. The highest BCUT2D eigenvalue weighted by Gasteiger charge is 2.11. The van der Waals surface area contributed by atoms with Crippen LogP contribution in [0.2, 0.25) is 0 Å². The Labute approximate surface area is 158 Å². The van der Waals surface area contributed by atoms with Crippen LogP contribution in [0.25, 0.3) is 0 Å². The molecule has 2 aromatic rings. The molecule has 0 bridgehead atoms. The second-order valence-corrected chi connectivity index (χ2v) is 6.13. The van der Waals surface area contributed by atoms with Crippen LogP contribution in [0.5, 0.6) is 5.75 Å². The average Bonchev–Trinajstić information content (AvgIpc) is 2.70. The van der Waals surface area contributed by atoms with E-state index in [4.69, 9.17) is 9.47 Å². The Morgan fingerprint density at radius 3 is 2.41 bits per heavy atom. The van der Waals surface area contributed by atoms with Crippen molar-refractivity contribution in [3.05, 3.63) is 65.7 Å². The zero-order chi connectivity index (χ0) is 19.5. The molecule has 0 saturated carbocycles. The van der Waals surface area contributed by atoms with E-state index in [-0.39, 0.29) is 25.2 Å². The van der Waals surface area contributed by atoms with Gasteiger partial charge in [-0.05, 0) is 49.6 Å². The summed E-state index contributed by atoms with van der Waals surface area (Å²) < 4.78 is 10.1. The number of carbonyl (C=O) groups excluding carboxylic acids is 3. The topological polar surface area (TPSA) is 81.7 Å². The number of hydrogen-bond donors (Lipinski definition) is 1. The molecule has 142 valence electrons. The highest BCUT2D eigenvalue weighted by molar-refractivity contribution is 5.81. The maximum Gasteiger partial charge on any atom is 0.344 e. The Morgan fingerprint density at radius 1 is 1.04 bits per heavy atom. The van der Waals surface area contributed by atoms with E-state index in [0.717, 1.165) is 19.1 Å². The van der Waals surface area contributed by atoms with E-state index >= 15 is 0 Å². The van der Waals surface area contributed by atoms with Gasteiger partial charge in [-0.25, -0.2) is 4.79 Å². The molecule has 0 unspecified atom stereocenters. The zero-order valence-corrected chi connectivity index (χ0v) is 15.2. The molecule has 0 aromatic heterocycles. The monoisotopic (exact) mass is 369 g/mol. The van der Waals surface area contributed by atoms with Gasteiger partial charge in [0, 0.05) is 11.6 Å². The number of carbonyl (C=O) groups is 3. The predicted octanol–water partition coefficient (Wildman–Crippen LogP) is 2.56. The molecule has 1 N–H and O–H groups in total. The minimum atomic E-state index is -0.637. The van der Waals surface area contributed by atoms with Crippen LogP contribution in [-0.2, 0) is 20.7 Å². The van der Waals surface area contributed by atoms with E-state index in [9.17, 15) is 14.4 Å². The van der Waals surface area contributed by atoms with Gasteiger partial charge in [-0.2, -0.15) is 0 Å². The summed E-state index contributed by atoms with van der Waals surface area (Å²) in [4.78, 5) is 34.1. The van der Waals surface area contributed by atoms with Crippen LogP contribution >= 0.6 is 0 Å². The van der Waals surface area contributed by atoms with E-state index in [0.29, 0.717) is 11.3 Å². The molecule has 0 radical (unpaired) electrons. The van der Waals surface area contributed by atoms with Crippen LogP contribution in [0.1, 0.15) is 29.3 Å². The van der Waals surface area contributed by atoms with E-state index in [1.54, 1.807) is 24.3 Å². The minimum Gasteiger partial charge on any atom is -0.482 e. The SMILES string of the molecule is C[C@H](CCc1ccccc1)NC(=O)COC(=O)COc1ccc(C=O)cc1. The van der Waals surface area contributed by atoms with Crippen LogP contribution in [0.3, 0.4) is 0 Å². The molecule has 0 aliphatic heterocycles. The maximum absolute atomic E-state index is 11.9. The fourth-order valence-electron chi connectivity index (χ4n) is 2.39. The van der Waals surface area contributed by atoms with Crippen LogP contribution < -0.4 is 10.1 Å². The summed E-state index contributed by atoms with van der Waals surface area (Å²) in [5.74, 6) is -0.544. The number of esters is 1. The molecule has 2 rings (SSSR count). The molecule has 6 heteroatoms. The van der Waals surface area contributed by atoms with Gasteiger partial charge in [-0.15, -0.1) is 0 Å². The molecule has 1 amide bonds. The van der Waals surface area contributed by atoms with Gasteiger partial charge in [0.15, 0.2) is 13.2 Å². The minimum absolute atomic E-state index is 0.0241. The van der Waals surface area contributed by atoms with Crippen molar-refractivity contribution in [1.29, 1.82) is 0 Å². The summed E-state index contributed by atoms with van der Waals surface area (Å²) in [6.45, 7) is 1.26. The molecule has 0 spiro atoms. The molecular weight excluding hydrogens is 346 g/mol. The highest BCUT2D eigenvalue weighted by atomic mass is 16.6. The number of ether oxygens (including phenoxy) is 2. The van der Waals surface area contributed by atoms with Crippen LogP contribution in [0.15, 0.2) is 54.6 Å². The summed E-state index contributed by atoms with van der Waals surface area (Å²) >= 11 is 0. The molecule has 0 aliphatic rings. The van der Waals surface area contributed by atoms with Gasteiger partial charge in [0.2, 0.25) is 0 Å². The van der Waals surface area contributed by atoms with Crippen LogP contribution in [0.4, 0.5) is 0 Å². The number of benzene rings is 2. The second-order valence-electron chi connectivity index (χ2n) is 6.13. The van der Waals surface area contributed by atoms with Crippen molar-refractivity contribution in [1.82, 2.24) is 5.32 Å². The predicted molar refractivity (Wildman–Crippen MR) is 101 cm³/mol. The Kier molecular flexibility index (Phi) is 8.03.